The number of carbonyl (C=O) groups excluding carboxylic acids is 1. The molecule has 1 fully saturated rings. The zero-order valence-electron chi connectivity index (χ0n) is 13.2. The lowest BCUT2D eigenvalue weighted by Crippen LogP contribution is -2.58. The van der Waals surface area contributed by atoms with Crippen LogP contribution in [0, 0.1) is 6.92 Å². The van der Waals surface area contributed by atoms with Crippen LogP contribution in [0.1, 0.15) is 5.56 Å². The molecule has 2 aromatic rings. The van der Waals surface area contributed by atoms with E-state index in [0.717, 1.165) is 16.0 Å². The van der Waals surface area contributed by atoms with Gasteiger partial charge in [0.2, 0.25) is 5.91 Å². The number of likely N-dealkylation sites (tertiary alicyclic amines) is 1. The van der Waals surface area contributed by atoms with Gasteiger partial charge in [0.15, 0.2) is 5.82 Å². The second kappa shape index (κ2) is 6.03. The van der Waals surface area contributed by atoms with Gasteiger partial charge in [-0.2, -0.15) is 0 Å². The Balaban J connectivity index is 1.71. The summed E-state index contributed by atoms with van der Waals surface area (Å²) in [7, 11) is 1.58. The van der Waals surface area contributed by atoms with Crippen molar-refractivity contribution in [2.75, 3.05) is 20.2 Å². The van der Waals surface area contributed by atoms with Crippen LogP contribution in [0.2, 0.25) is 0 Å². The molecule has 3 rings (SSSR count). The van der Waals surface area contributed by atoms with Crippen LogP contribution in [0.3, 0.4) is 0 Å². The van der Waals surface area contributed by atoms with Crippen LogP contribution in [-0.2, 0) is 4.79 Å². The quantitative estimate of drug-likeness (QED) is 0.805. The minimum atomic E-state index is -2.77. The summed E-state index contributed by atoms with van der Waals surface area (Å²) in [5, 5.41) is 4.25. The van der Waals surface area contributed by atoms with Crippen LogP contribution < -0.4 is 4.74 Å². The van der Waals surface area contributed by atoms with Crippen LogP contribution in [-0.4, -0.2) is 51.7 Å². The molecule has 0 unspecified atom stereocenters. The number of carbonyl (C=O) groups is 1. The van der Waals surface area contributed by atoms with E-state index in [-0.39, 0.29) is 0 Å². The van der Waals surface area contributed by atoms with Crippen LogP contribution in [0.4, 0.5) is 8.78 Å². The largest absolute Gasteiger partial charge is 0.497 e. The predicted octanol–water partition coefficient (Wildman–Crippen LogP) is 2.21. The second-order valence-electron chi connectivity index (χ2n) is 5.65. The lowest BCUT2D eigenvalue weighted by atomic mass is 10.1. The molecule has 8 heteroatoms. The molecular weight excluding hydrogens is 318 g/mol. The monoisotopic (exact) mass is 334 g/mol. The number of hydrogen-bond donors (Lipinski definition) is 0. The van der Waals surface area contributed by atoms with Gasteiger partial charge in [-0.3, -0.25) is 4.79 Å². The molecule has 24 heavy (non-hydrogen) atoms. The van der Waals surface area contributed by atoms with Gasteiger partial charge in [-0.05, 0) is 30.7 Å². The first kappa shape index (κ1) is 16.1. The maximum absolute atomic E-state index is 12.7. The molecule has 126 valence electrons. The van der Waals surface area contributed by atoms with Crippen LogP contribution in [0.5, 0.6) is 5.75 Å². The lowest BCUT2D eigenvalue weighted by molar-refractivity contribution is -0.160. The molecular formula is C16H16F2N4O2. The molecule has 0 bridgehead atoms. The van der Waals surface area contributed by atoms with E-state index in [4.69, 9.17) is 4.74 Å². The van der Waals surface area contributed by atoms with Crippen LogP contribution in [0.15, 0.2) is 30.6 Å². The first-order valence-electron chi connectivity index (χ1n) is 7.28. The molecule has 1 aromatic heterocycles. The molecule has 0 N–H and O–H groups in total. The van der Waals surface area contributed by atoms with E-state index in [2.05, 4.69) is 10.1 Å². The van der Waals surface area contributed by atoms with Crippen molar-refractivity contribution >= 4 is 12.1 Å². The van der Waals surface area contributed by atoms with Gasteiger partial charge in [0.05, 0.1) is 20.2 Å². The molecule has 6 nitrogen and oxygen atoms in total. The number of methoxy groups -OCH3 is 1. The summed E-state index contributed by atoms with van der Waals surface area (Å²) in [5.74, 6) is -2.07. The van der Waals surface area contributed by atoms with E-state index in [0.29, 0.717) is 11.6 Å². The highest BCUT2D eigenvalue weighted by atomic mass is 19.3. The third-order valence-corrected chi connectivity index (χ3v) is 3.58. The fourth-order valence-corrected chi connectivity index (χ4v) is 2.39. The Hall–Kier alpha value is -2.77. The third kappa shape index (κ3) is 3.42. The van der Waals surface area contributed by atoms with Gasteiger partial charge in [-0.1, -0.05) is 0 Å². The average Bonchev–Trinajstić information content (AvgIpc) is 2.98. The minimum Gasteiger partial charge on any atom is -0.497 e. The highest BCUT2D eigenvalue weighted by Gasteiger charge is 2.45. The Labute approximate surface area is 137 Å². The summed E-state index contributed by atoms with van der Waals surface area (Å²) in [6, 6.07) is 5.62. The molecule has 1 aromatic carbocycles. The first-order valence-corrected chi connectivity index (χ1v) is 7.28. The fourth-order valence-electron chi connectivity index (χ4n) is 2.39. The molecule has 0 atom stereocenters. The number of benzene rings is 1. The molecule has 0 radical (unpaired) electrons. The fraction of sp³-hybridized carbons (Fsp3) is 0.312. The molecule has 0 aliphatic carbocycles. The molecule has 2 heterocycles. The second-order valence-corrected chi connectivity index (χ2v) is 5.65. The van der Waals surface area contributed by atoms with Crippen molar-refractivity contribution in [3.8, 4) is 17.1 Å². The van der Waals surface area contributed by atoms with Crippen molar-refractivity contribution < 1.29 is 18.3 Å². The molecule has 0 spiro atoms. The number of rotatable bonds is 4. The van der Waals surface area contributed by atoms with Crippen molar-refractivity contribution in [3.63, 3.8) is 0 Å². The summed E-state index contributed by atoms with van der Waals surface area (Å²) in [6.07, 6.45) is 4.03. The molecule has 1 saturated heterocycles. The van der Waals surface area contributed by atoms with Gasteiger partial charge in [0, 0.05) is 17.8 Å². The van der Waals surface area contributed by atoms with Gasteiger partial charge in [0.25, 0.3) is 5.92 Å². The van der Waals surface area contributed by atoms with E-state index in [9.17, 15) is 13.6 Å². The van der Waals surface area contributed by atoms with E-state index in [1.165, 1.54) is 23.3 Å². The summed E-state index contributed by atoms with van der Waals surface area (Å²) in [6.45, 7) is 0.855. The number of nitrogens with zero attached hydrogens (tertiary/aromatic N) is 4. The Morgan fingerprint density at radius 3 is 2.75 bits per heavy atom. The normalized spacial score (nSPS) is 16.2. The summed E-state index contributed by atoms with van der Waals surface area (Å²) < 4.78 is 32.1. The standard InChI is InChI=1S/C16H16F2N4O2/c1-11-5-12(7-13(6-11)24-2)15-19-10-22(20-15)4-3-14(23)21-8-16(17,18)9-21/h3-7,10H,8-9H2,1-2H3/b4-3-. The number of ether oxygens (including phenoxy) is 1. The number of aryl methyl sites for hydroxylation is 1. The van der Waals surface area contributed by atoms with Gasteiger partial charge < -0.3 is 9.64 Å². The molecule has 1 amide bonds. The Morgan fingerprint density at radius 1 is 1.33 bits per heavy atom. The van der Waals surface area contributed by atoms with E-state index < -0.39 is 24.9 Å². The SMILES string of the molecule is COc1cc(C)cc(-c2ncn(/C=C\C(=O)N3CC(F)(F)C3)n2)c1. The summed E-state index contributed by atoms with van der Waals surface area (Å²) in [4.78, 5) is 17.0. The highest BCUT2D eigenvalue weighted by Crippen LogP contribution is 2.26. The number of halogens is 2. The zero-order valence-corrected chi connectivity index (χ0v) is 13.2. The van der Waals surface area contributed by atoms with Gasteiger partial charge >= 0.3 is 0 Å². The summed E-state index contributed by atoms with van der Waals surface area (Å²) >= 11 is 0. The van der Waals surface area contributed by atoms with Crippen molar-refractivity contribution in [1.82, 2.24) is 19.7 Å². The average molecular weight is 334 g/mol. The van der Waals surface area contributed by atoms with Crippen molar-refractivity contribution in [2.45, 2.75) is 12.8 Å². The van der Waals surface area contributed by atoms with Gasteiger partial charge in [0.1, 0.15) is 12.1 Å². The van der Waals surface area contributed by atoms with E-state index in [1.54, 1.807) is 7.11 Å². The number of hydrogen-bond acceptors (Lipinski definition) is 4. The summed E-state index contributed by atoms with van der Waals surface area (Å²) in [5.41, 5.74) is 1.79. The van der Waals surface area contributed by atoms with Crippen LogP contribution in [0.25, 0.3) is 17.6 Å². The first-order chi connectivity index (χ1) is 11.4. The predicted molar refractivity (Wildman–Crippen MR) is 83.6 cm³/mol. The van der Waals surface area contributed by atoms with Crippen molar-refractivity contribution in [3.05, 3.63) is 36.2 Å². The Morgan fingerprint density at radius 2 is 2.08 bits per heavy atom. The van der Waals surface area contributed by atoms with Gasteiger partial charge in [-0.25, -0.2) is 18.4 Å². The maximum atomic E-state index is 12.7. The number of aromatic nitrogens is 3. The lowest BCUT2D eigenvalue weighted by Gasteiger charge is -2.37. The zero-order chi connectivity index (χ0) is 17.3. The topological polar surface area (TPSA) is 60.3 Å². The van der Waals surface area contributed by atoms with Crippen LogP contribution >= 0.6 is 0 Å². The highest BCUT2D eigenvalue weighted by molar-refractivity contribution is 5.90. The van der Waals surface area contributed by atoms with E-state index >= 15 is 0 Å². The van der Waals surface area contributed by atoms with Gasteiger partial charge in [-0.15, -0.1) is 5.10 Å². The van der Waals surface area contributed by atoms with E-state index in [1.807, 2.05) is 25.1 Å². The van der Waals surface area contributed by atoms with Crippen molar-refractivity contribution in [2.24, 2.45) is 0 Å². The number of alkyl halides is 2. The van der Waals surface area contributed by atoms with Crippen molar-refractivity contribution in [1.29, 1.82) is 0 Å². The Kier molecular flexibility index (Phi) is 4.04. The minimum absolute atomic E-state index is 0.476. The number of amides is 1. The molecule has 1 aliphatic rings. The molecule has 0 saturated carbocycles. The smallest absolute Gasteiger partial charge is 0.282 e. The Bertz CT molecular complexity index is 793. The maximum Gasteiger partial charge on any atom is 0.282 e. The molecule has 1 aliphatic heterocycles. The third-order valence-electron chi connectivity index (χ3n) is 3.58.